The van der Waals surface area contributed by atoms with E-state index in [1.807, 2.05) is 0 Å². The van der Waals surface area contributed by atoms with Crippen molar-refractivity contribution in [1.29, 1.82) is 0 Å². The standard InChI is InChI=1S/C15H12BrF3O/c16-11-1-2-15(19)10(6-11)7-14(20)5-9-3-12(17)8-13(18)4-9/h1-4,6,8,14,20H,5,7H2. The van der Waals surface area contributed by atoms with Gasteiger partial charge in [-0.1, -0.05) is 15.9 Å². The van der Waals surface area contributed by atoms with Crippen LogP contribution in [0.3, 0.4) is 0 Å². The van der Waals surface area contributed by atoms with Gasteiger partial charge >= 0.3 is 0 Å². The molecule has 0 radical (unpaired) electrons. The molecular formula is C15H12BrF3O. The monoisotopic (exact) mass is 344 g/mol. The molecule has 1 nitrogen and oxygen atoms in total. The van der Waals surface area contributed by atoms with Gasteiger partial charge in [0.15, 0.2) is 0 Å². The van der Waals surface area contributed by atoms with Crippen LogP contribution in [0, 0.1) is 17.5 Å². The first-order chi connectivity index (χ1) is 9.44. The first-order valence-electron chi connectivity index (χ1n) is 6.01. The molecule has 0 fully saturated rings. The van der Waals surface area contributed by atoms with E-state index in [-0.39, 0.29) is 12.8 Å². The van der Waals surface area contributed by atoms with Gasteiger partial charge in [0.2, 0.25) is 0 Å². The maximum Gasteiger partial charge on any atom is 0.126 e. The van der Waals surface area contributed by atoms with Crippen molar-refractivity contribution in [2.24, 2.45) is 0 Å². The van der Waals surface area contributed by atoms with E-state index in [1.165, 1.54) is 6.07 Å². The van der Waals surface area contributed by atoms with Crippen LogP contribution in [0.4, 0.5) is 13.2 Å². The Hall–Kier alpha value is -1.33. The highest BCUT2D eigenvalue weighted by atomic mass is 79.9. The van der Waals surface area contributed by atoms with Crippen LogP contribution in [0.25, 0.3) is 0 Å². The van der Waals surface area contributed by atoms with Gasteiger partial charge in [0, 0.05) is 17.0 Å². The fourth-order valence-electron chi connectivity index (χ4n) is 2.03. The normalized spacial score (nSPS) is 12.4. The van der Waals surface area contributed by atoms with Gasteiger partial charge < -0.3 is 5.11 Å². The van der Waals surface area contributed by atoms with E-state index in [9.17, 15) is 18.3 Å². The van der Waals surface area contributed by atoms with Crippen LogP contribution in [-0.2, 0) is 12.8 Å². The van der Waals surface area contributed by atoms with Crippen LogP contribution in [0.15, 0.2) is 40.9 Å². The molecular weight excluding hydrogens is 333 g/mol. The zero-order chi connectivity index (χ0) is 14.7. The Morgan fingerprint density at radius 3 is 2.25 bits per heavy atom. The number of benzene rings is 2. The first-order valence-corrected chi connectivity index (χ1v) is 6.80. The second-order valence-corrected chi connectivity index (χ2v) is 5.49. The van der Waals surface area contributed by atoms with Gasteiger partial charge in [0.05, 0.1) is 6.10 Å². The quantitative estimate of drug-likeness (QED) is 0.888. The van der Waals surface area contributed by atoms with Gasteiger partial charge in [-0.25, -0.2) is 13.2 Å². The molecule has 1 atom stereocenters. The van der Waals surface area contributed by atoms with Crippen molar-refractivity contribution in [2.45, 2.75) is 18.9 Å². The number of halogens is 4. The molecule has 106 valence electrons. The smallest absolute Gasteiger partial charge is 0.126 e. The van der Waals surface area contributed by atoms with Crippen molar-refractivity contribution in [3.63, 3.8) is 0 Å². The summed E-state index contributed by atoms with van der Waals surface area (Å²) < 4.78 is 40.3. The second kappa shape index (κ2) is 6.41. The van der Waals surface area contributed by atoms with Gasteiger partial charge in [-0.2, -0.15) is 0 Å². The lowest BCUT2D eigenvalue weighted by Crippen LogP contribution is -2.15. The molecule has 0 saturated heterocycles. The van der Waals surface area contributed by atoms with Crippen LogP contribution in [0.1, 0.15) is 11.1 Å². The highest BCUT2D eigenvalue weighted by molar-refractivity contribution is 9.10. The molecule has 1 unspecified atom stereocenters. The lowest BCUT2D eigenvalue weighted by Gasteiger charge is -2.12. The molecule has 0 amide bonds. The Morgan fingerprint density at radius 2 is 1.60 bits per heavy atom. The Bertz CT molecular complexity index is 596. The predicted octanol–water partition coefficient (Wildman–Crippen LogP) is 4.01. The second-order valence-electron chi connectivity index (χ2n) is 4.58. The highest BCUT2D eigenvalue weighted by Crippen LogP contribution is 2.18. The zero-order valence-electron chi connectivity index (χ0n) is 10.4. The molecule has 2 rings (SSSR count). The fraction of sp³-hybridized carbons (Fsp3) is 0.200. The molecule has 0 aromatic heterocycles. The summed E-state index contributed by atoms with van der Waals surface area (Å²) in [5.41, 5.74) is 0.689. The highest BCUT2D eigenvalue weighted by Gasteiger charge is 2.12. The Kier molecular flexibility index (Phi) is 4.83. The summed E-state index contributed by atoms with van der Waals surface area (Å²) in [4.78, 5) is 0. The summed E-state index contributed by atoms with van der Waals surface area (Å²) in [5.74, 6) is -1.81. The van der Waals surface area contributed by atoms with Crippen LogP contribution >= 0.6 is 15.9 Å². The molecule has 2 aromatic carbocycles. The third-order valence-corrected chi connectivity index (χ3v) is 3.35. The van der Waals surface area contributed by atoms with Crippen molar-refractivity contribution in [1.82, 2.24) is 0 Å². The van der Waals surface area contributed by atoms with E-state index in [1.54, 1.807) is 12.1 Å². The summed E-state index contributed by atoms with van der Waals surface area (Å²) in [6.45, 7) is 0. The lowest BCUT2D eigenvalue weighted by atomic mass is 10.0. The minimum Gasteiger partial charge on any atom is -0.392 e. The molecule has 0 spiro atoms. The molecule has 2 aromatic rings. The van der Waals surface area contributed by atoms with Crippen molar-refractivity contribution < 1.29 is 18.3 Å². The molecule has 20 heavy (non-hydrogen) atoms. The minimum atomic E-state index is -0.917. The number of aliphatic hydroxyl groups excluding tert-OH is 1. The summed E-state index contributed by atoms with van der Waals surface area (Å²) in [6, 6.07) is 7.52. The van der Waals surface area contributed by atoms with Crippen LogP contribution in [0.5, 0.6) is 0 Å². The van der Waals surface area contributed by atoms with E-state index in [4.69, 9.17) is 0 Å². The molecule has 0 aliphatic carbocycles. The van der Waals surface area contributed by atoms with E-state index in [2.05, 4.69) is 15.9 Å². The number of aliphatic hydroxyl groups is 1. The molecule has 5 heteroatoms. The van der Waals surface area contributed by atoms with E-state index in [0.717, 1.165) is 18.2 Å². The zero-order valence-corrected chi connectivity index (χ0v) is 12.0. The predicted molar refractivity (Wildman–Crippen MR) is 73.9 cm³/mol. The summed E-state index contributed by atoms with van der Waals surface area (Å²) >= 11 is 3.22. The van der Waals surface area contributed by atoms with Gasteiger partial charge in [-0.3, -0.25) is 0 Å². The topological polar surface area (TPSA) is 20.2 Å². The van der Waals surface area contributed by atoms with E-state index < -0.39 is 23.6 Å². The van der Waals surface area contributed by atoms with Crippen LogP contribution < -0.4 is 0 Å². The Labute approximate surface area is 123 Å². The lowest BCUT2D eigenvalue weighted by molar-refractivity contribution is 0.174. The molecule has 0 aliphatic rings. The maximum absolute atomic E-state index is 13.5. The number of rotatable bonds is 4. The minimum absolute atomic E-state index is 0.0562. The summed E-state index contributed by atoms with van der Waals surface area (Å²) in [7, 11) is 0. The summed E-state index contributed by atoms with van der Waals surface area (Å²) in [5, 5.41) is 9.93. The third-order valence-electron chi connectivity index (χ3n) is 2.86. The Morgan fingerprint density at radius 1 is 0.950 bits per heavy atom. The largest absolute Gasteiger partial charge is 0.392 e. The number of hydrogen-bond acceptors (Lipinski definition) is 1. The molecule has 1 N–H and O–H groups in total. The molecule has 0 saturated carbocycles. The van der Waals surface area contributed by atoms with Crippen molar-refractivity contribution in [2.75, 3.05) is 0 Å². The average molecular weight is 345 g/mol. The van der Waals surface area contributed by atoms with E-state index in [0.29, 0.717) is 15.6 Å². The SMILES string of the molecule is OC(Cc1cc(F)cc(F)c1)Cc1cc(Br)ccc1F. The Balaban J connectivity index is 2.08. The van der Waals surface area contributed by atoms with Gasteiger partial charge in [0.1, 0.15) is 17.5 Å². The third kappa shape index (κ3) is 4.08. The average Bonchev–Trinajstić information content (AvgIpc) is 2.32. The molecule has 0 heterocycles. The van der Waals surface area contributed by atoms with Crippen LogP contribution in [0.2, 0.25) is 0 Å². The molecule has 0 bridgehead atoms. The molecule has 0 aliphatic heterocycles. The summed E-state index contributed by atoms with van der Waals surface area (Å²) in [6.07, 6.45) is -0.788. The maximum atomic E-state index is 13.5. The van der Waals surface area contributed by atoms with Crippen molar-refractivity contribution in [3.05, 3.63) is 69.4 Å². The van der Waals surface area contributed by atoms with Gasteiger partial charge in [-0.05, 0) is 47.9 Å². The van der Waals surface area contributed by atoms with E-state index >= 15 is 0 Å². The van der Waals surface area contributed by atoms with Crippen LogP contribution in [-0.4, -0.2) is 11.2 Å². The van der Waals surface area contributed by atoms with Gasteiger partial charge in [-0.15, -0.1) is 0 Å². The first kappa shape index (κ1) is 15.1. The van der Waals surface area contributed by atoms with Gasteiger partial charge in [0.25, 0.3) is 0 Å². The van der Waals surface area contributed by atoms with Crippen molar-refractivity contribution in [3.8, 4) is 0 Å². The fourth-order valence-corrected chi connectivity index (χ4v) is 2.44. The van der Waals surface area contributed by atoms with Crippen molar-refractivity contribution >= 4 is 15.9 Å². The number of hydrogen-bond donors (Lipinski definition) is 1.